The van der Waals surface area contributed by atoms with E-state index in [1.165, 1.54) is 7.11 Å². The molecule has 0 aliphatic heterocycles. The van der Waals surface area contributed by atoms with Crippen LogP contribution in [-0.2, 0) is 9.53 Å². The molecule has 0 spiro atoms. The van der Waals surface area contributed by atoms with E-state index in [0.29, 0.717) is 5.56 Å². The molecule has 1 heterocycles. The van der Waals surface area contributed by atoms with Crippen LogP contribution < -0.4 is 5.73 Å². The van der Waals surface area contributed by atoms with Gasteiger partial charge in [-0.1, -0.05) is 24.3 Å². The van der Waals surface area contributed by atoms with Crippen LogP contribution in [0.4, 0.5) is 5.82 Å². The maximum Gasteiger partial charge on any atom is 0.312 e. The van der Waals surface area contributed by atoms with Crippen LogP contribution in [0.5, 0.6) is 0 Å². The molecule has 0 aliphatic carbocycles. The summed E-state index contributed by atoms with van der Waals surface area (Å²) in [5, 5.41) is 9.92. The van der Waals surface area contributed by atoms with Gasteiger partial charge in [-0.15, -0.1) is 10.2 Å². The van der Waals surface area contributed by atoms with Crippen molar-refractivity contribution in [3.63, 3.8) is 0 Å². The summed E-state index contributed by atoms with van der Waals surface area (Å²) in [6, 6.07) is 7.42. The van der Waals surface area contributed by atoms with Crippen LogP contribution in [0.15, 0.2) is 24.3 Å². The van der Waals surface area contributed by atoms with Crippen LogP contribution in [0.3, 0.4) is 0 Å². The first kappa shape index (κ1) is 22.9. The monoisotopic (exact) mass is 372 g/mol. The van der Waals surface area contributed by atoms with Gasteiger partial charge in [0.1, 0.15) is 23.1 Å². The number of benzene rings is 1. The minimum atomic E-state index is -1.98. The summed E-state index contributed by atoms with van der Waals surface area (Å²) in [4.78, 5) is 11.7. The van der Waals surface area contributed by atoms with Crippen LogP contribution in [0.2, 0.25) is 10.2 Å². The molecule has 2 aromatic rings. The Labute approximate surface area is 178 Å². The van der Waals surface area contributed by atoms with E-state index in [9.17, 15) is 10.1 Å². The number of hydrogen-bond donors (Lipinski definition) is 1. The highest BCUT2D eigenvalue weighted by molar-refractivity contribution is 6.64. The molecule has 2 N–H and O–H groups in total. The molecule has 12 heteroatoms. The number of methoxy groups -OCH3 is 1. The Bertz CT molecular complexity index is 927. The molecule has 0 saturated carbocycles. The highest BCUT2D eigenvalue weighted by atomic mass is 16.5. The lowest BCUT2D eigenvalue weighted by molar-refractivity contribution is -0.141. The second kappa shape index (κ2) is 8.14. The molecule has 0 aliphatic rings. The fraction of sp³-hybridized carbons (Fsp3) is 0.353. The van der Waals surface area contributed by atoms with Gasteiger partial charge in [0.05, 0.1) is 60.1 Å². The molecule has 0 bridgehead atoms. The lowest BCUT2D eigenvalue weighted by Crippen LogP contribution is -2.39. The molecule has 1 unspecified atom stereocenters. The molecule has 1 aromatic carbocycles. The van der Waals surface area contributed by atoms with Crippen molar-refractivity contribution in [2.75, 3.05) is 12.8 Å². The average molecular weight is 371 g/mol. The minimum absolute atomic E-state index is 0.0391. The van der Waals surface area contributed by atoms with Crippen LogP contribution in [0.1, 0.15) is 30.0 Å². The number of hydrogen-bond acceptors (Lipinski definition) is 5. The Balaban J connectivity index is 2.57. The lowest BCUT2D eigenvalue weighted by Gasteiger charge is -2.43. The van der Waals surface area contributed by atoms with Crippen molar-refractivity contribution in [2.45, 2.75) is 29.1 Å². The van der Waals surface area contributed by atoms with Crippen molar-refractivity contribution in [3.8, 4) is 17.3 Å². The maximum absolute atomic E-state index is 11.7. The number of esters is 1. The minimum Gasteiger partial charge on any atom is -0.469 e. The van der Waals surface area contributed by atoms with Gasteiger partial charge in [-0.3, -0.25) is 4.79 Å². The highest BCUT2D eigenvalue weighted by Crippen LogP contribution is 2.44. The zero-order valence-corrected chi connectivity index (χ0v) is 16.2. The molecule has 0 fully saturated rings. The Kier molecular flexibility index (Phi) is 6.42. The quantitative estimate of drug-likeness (QED) is 0.569. The van der Waals surface area contributed by atoms with Crippen LogP contribution in [0.25, 0.3) is 11.3 Å². The van der Waals surface area contributed by atoms with E-state index in [2.05, 4.69) is 5.10 Å². The van der Waals surface area contributed by atoms with Gasteiger partial charge in [-0.25, -0.2) is 4.68 Å². The number of carbonyl (C=O) groups is 1. The van der Waals surface area contributed by atoms with E-state index in [1.807, 2.05) is 6.07 Å². The molecule has 1 aromatic heterocycles. The Morgan fingerprint density at radius 3 is 2.10 bits per heavy atom. The van der Waals surface area contributed by atoms with Crippen LogP contribution in [0, 0.1) is 11.3 Å². The first-order valence-electron chi connectivity index (χ1n) is 8.52. The number of carbonyl (C=O) groups excluding carboxylic acids is 1. The molecule has 12 radical (unpaired) electrons. The highest BCUT2D eigenvalue weighted by Gasteiger charge is 2.37. The summed E-state index contributed by atoms with van der Waals surface area (Å²) >= 11 is 0. The molecule has 0 amide bonds. The van der Waals surface area contributed by atoms with E-state index >= 15 is 0 Å². The van der Waals surface area contributed by atoms with Crippen molar-refractivity contribution < 1.29 is 9.53 Å². The summed E-state index contributed by atoms with van der Waals surface area (Å²) in [5.74, 6) is -0.936. The van der Waals surface area contributed by atoms with Gasteiger partial charge in [0.25, 0.3) is 0 Å². The summed E-state index contributed by atoms with van der Waals surface area (Å²) in [7, 11) is 36.0. The number of nitrogens with two attached hydrogens (primary N) is 1. The molecule has 6 nitrogen and oxygen atoms in total. The van der Waals surface area contributed by atoms with Crippen LogP contribution in [-0.4, -0.2) is 69.9 Å². The zero-order chi connectivity index (χ0) is 22.1. The number of rotatable bonds is 6. The maximum atomic E-state index is 11.7. The van der Waals surface area contributed by atoms with Crippen molar-refractivity contribution in [1.82, 2.24) is 9.78 Å². The third-order valence-electron chi connectivity index (χ3n) is 4.49. The second-order valence-corrected chi connectivity index (χ2v) is 6.93. The van der Waals surface area contributed by atoms with Gasteiger partial charge in [-0.2, -0.15) is 10.4 Å². The van der Waals surface area contributed by atoms with E-state index in [4.69, 9.17) is 57.5 Å². The molecular formula is C17H14B6N4O2. The fourth-order valence-corrected chi connectivity index (χ4v) is 3.06. The number of ether oxygens (including phenoxy) is 1. The number of aromatic nitrogens is 2. The molecule has 132 valence electrons. The summed E-state index contributed by atoms with van der Waals surface area (Å²) in [6.45, 7) is 1.71. The van der Waals surface area contributed by atoms with E-state index in [1.54, 1.807) is 31.2 Å². The van der Waals surface area contributed by atoms with Crippen molar-refractivity contribution >= 4 is 58.9 Å². The predicted octanol–water partition coefficient (Wildman–Crippen LogP) is -0.0200. The molecule has 29 heavy (non-hydrogen) atoms. The summed E-state index contributed by atoms with van der Waals surface area (Å²) in [5.41, 5.74) is 7.59. The Morgan fingerprint density at radius 1 is 1.17 bits per heavy atom. The molecular weight excluding hydrogens is 357 g/mol. The van der Waals surface area contributed by atoms with E-state index in [0.717, 1.165) is 10.2 Å². The van der Waals surface area contributed by atoms with Gasteiger partial charge in [-0.05, 0) is 12.5 Å². The first-order chi connectivity index (χ1) is 13.3. The molecule has 0 saturated heterocycles. The van der Waals surface area contributed by atoms with Crippen molar-refractivity contribution in [1.29, 1.82) is 5.26 Å². The van der Waals surface area contributed by atoms with E-state index in [-0.39, 0.29) is 23.0 Å². The topological polar surface area (TPSA) is 93.9 Å². The molecule has 2 rings (SSSR count). The SMILES string of the molecule is [B]C([B])([B])C(n1nc(-c2ccc(C(C)C(=O)OC)cc2)c(C#N)c1N)C([B])([B])[B]. The van der Waals surface area contributed by atoms with Crippen molar-refractivity contribution in [3.05, 3.63) is 35.4 Å². The lowest BCUT2D eigenvalue weighted by atomic mass is 9.27. The largest absolute Gasteiger partial charge is 0.469 e. The average Bonchev–Trinajstić information content (AvgIpc) is 2.94. The predicted molar refractivity (Wildman–Crippen MR) is 116 cm³/mol. The van der Waals surface area contributed by atoms with Gasteiger partial charge in [0, 0.05) is 11.6 Å². The normalized spacial score (nSPS) is 13.0. The third-order valence-corrected chi connectivity index (χ3v) is 4.49. The van der Waals surface area contributed by atoms with Crippen molar-refractivity contribution in [2.24, 2.45) is 0 Å². The summed E-state index contributed by atoms with van der Waals surface area (Å²) < 4.78 is 5.80. The zero-order valence-electron chi connectivity index (χ0n) is 16.2. The number of nitriles is 1. The standard InChI is InChI=1S/C17H14B6N4O2/c1-8(14(28)29-2)9-3-5-10(6-4-9)12-11(7-24)13(25)27(26-12)15(16(18,19)20)17(21,22)23/h3-6,8,15H,25H2,1-2H3. The third kappa shape index (κ3) is 4.60. The van der Waals surface area contributed by atoms with Gasteiger partial charge in [0.2, 0.25) is 0 Å². The Morgan fingerprint density at radius 2 is 1.69 bits per heavy atom. The van der Waals surface area contributed by atoms with Gasteiger partial charge in [0.15, 0.2) is 0 Å². The van der Waals surface area contributed by atoms with Crippen LogP contribution >= 0.6 is 0 Å². The number of nitrogens with zero attached hydrogens (tertiary/aromatic N) is 3. The number of nitrogen functional groups attached to an aromatic ring is 1. The number of anilines is 1. The second-order valence-electron chi connectivity index (χ2n) is 6.93. The first-order valence-corrected chi connectivity index (χ1v) is 8.52. The van der Waals surface area contributed by atoms with Gasteiger partial charge >= 0.3 is 5.97 Å². The van der Waals surface area contributed by atoms with E-state index < -0.39 is 22.2 Å². The molecule has 1 atom stereocenters. The Hall–Kier alpha value is -2.42. The fourth-order valence-electron chi connectivity index (χ4n) is 3.06. The van der Waals surface area contributed by atoms with Gasteiger partial charge < -0.3 is 10.5 Å². The smallest absolute Gasteiger partial charge is 0.312 e. The summed E-state index contributed by atoms with van der Waals surface area (Å²) in [6.07, 6.45) is 0.